The zero-order chi connectivity index (χ0) is 19.4. The highest BCUT2D eigenvalue weighted by atomic mass is 16.6. The molecule has 2 fully saturated rings. The van der Waals surface area contributed by atoms with Crippen LogP contribution in [0.5, 0.6) is 0 Å². The van der Waals surface area contributed by atoms with E-state index < -0.39 is 35.6 Å². The van der Waals surface area contributed by atoms with E-state index in [0.717, 1.165) is 25.7 Å². The molecule has 3 rings (SSSR count). The lowest BCUT2D eigenvalue weighted by atomic mass is 9.94. The number of pyridine rings is 1. The molecule has 2 amide bonds. The van der Waals surface area contributed by atoms with Gasteiger partial charge in [0.1, 0.15) is 17.8 Å². The summed E-state index contributed by atoms with van der Waals surface area (Å²) in [5.74, 6) is -0.656. The van der Waals surface area contributed by atoms with Crippen LogP contribution in [0, 0.1) is 5.92 Å². The topological polar surface area (TPSA) is 121 Å². The molecule has 1 aliphatic heterocycles. The average Bonchev–Trinajstić information content (AvgIpc) is 3.37. The SMILES string of the molecule is C[C@H](NC(=O)c1cccc(=O)[nH]1)C(=O)N[C@@H](CC1CCCC1)C(=O)[C@H]1CO1. The van der Waals surface area contributed by atoms with E-state index in [1.807, 2.05) is 0 Å². The number of carbonyl (C=O) groups excluding carboxylic acids is 3. The van der Waals surface area contributed by atoms with Crippen molar-refractivity contribution in [1.29, 1.82) is 0 Å². The standard InChI is InChI=1S/C19H25N3O5/c1-11(20-19(26)13-7-4-8-16(23)21-13)18(25)22-14(17(24)15-10-27-15)9-12-5-2-3-6-12/h4,7-8,11-12,14-15H,2-3,5-6,9-10H2,1H3,(H,20,26)(H,21,23)(H,22,25)/t11-,14-,15+/m0/s1. The Labute approximate surface area is 157 Å². The number of rotatable bonds is 8. The lowest BCUT2D eigenvalue weighted by molar-refractivity contribution is -0.129. The molecule has 146 valence electrons. The molecule has 3 atom stereocenters. The van der Waals surface area contributed by atoms with Crippen molar-refractivity contribution in [3.8, 4) is 0 Å². The van der Waals surface area contributed by atoms with Crippen molar-refractivity contribution in [2.45, 2.75) is 57.2 Å². The van der Waals surface area contributed by atoms with Crippen molar-refractivity contribution in [2.24, 2.45) is 5.92 Å². The molecule has 2 heterocycles. The Kier molecular flexibility index (Phi) is 6.05. The Bertz CT molecular complexity index is 765. The van der Waals surface area contributed by atoms with Gasteiger partial charge in [0.15, 0.2) is 5.78 Å². The van der Waals surface area contributed by atoms with Crippen LogP contribution >= 0.6 is 0 Å². The van der Waals surface area contributed by atoms with Crippen LogP contribution in [0.3, 0.4) is 0 Å². The van der Waals surface area contributed by atoms with E-state index in [1.54, 1.807) is 6.92 Å². The van der Waals surface area contributed by atoms with Crippen LogP contribution in [-0.2, 0) is 14.3 Å². The molecule has 0 unspecified atom stereocenters. The van der Waals surface area contributed by atoms with Crippen molar-refractivity contribution in [2.75, 3.05) is 6.61 Å². The molecule has 0 spiro atoms. The molecule has 8 nitrogen and oxygen atoms in total. The normalized spacial score (nSPS) is 21.3. The molecule has 0 radical (unpaired) electrons. The fourth-order valence-electron chi connectivity index (χ4n) is 3.48. The second-order valence-electron chi connectivity index (χ2n) is 7.30. The molecule has 1 aromatic rings. The number of hydrogen-bond donors (Lipinski definition) is 3. The van der Waals surface area contributed by atoms with E-state index >= 15 is 0 Å². The number of epoxide rings is 1. The molecular formula is C19H25N3O5. The molecule has 1 aliphatic carbocycles. The zero-order valence-electron chi connectivity index (χ0n) is 15.3. The molecule has 1 saturated heterocycles. The van der Waals surface area contributed by atoms with Crippen LogP contribution in [0.4, 0.5) is 0 Å². The maximum atomic E-state index is 12.5. The van der Waals surface area contributed by atoms with Crippen LogP contribution in [0.15, 0.2) is 23.0 Å². The van der Waals surface area contributed by atoms with Crippen molar-refractivity contribution >= 4 is 17.6 Å². The summed E-state index contributed by atoms with van der Waals surface area (Å²) in [6, 6.07) is 2.78. The number of nitrogens with one attached hydrogen (secondary N) is 3. The third-order valence-corrected chi connectivity index (χ3v) is 5.11. The monoisotopic (exact) mass is 375 g/mol. The fourth-order valence-corrected chi connectivity index (χ4v) is 3.48. The highest BCUT2D eigenvalue weighted by molar-refractivity contribution is 5.98. The van der Waals surface area contributed by atoms with E-state index in [-0.39, 0.29) is 11.5 Å². The van der Waals surface area contributed by atoms with Gasteiger partial charge in [-0.3, -0.25) is 19.2 Å². The van der Waals surface area contributed by atoms with Gasteiger partial charge in [0.05, 0.1) is 12.6 Å². The number of ketones is 1. The molecule has 1 aromatic heterocycles. The number of aromatic amines is 1. The third kappa shape index (κ3) is 5.26. The Balaban J connectivity index is 1.58. The minimum Gasteiger partial charge on any atom is -0.365 e. The van der Waals surface area contributed by atoms with Crippen molar-refractivity contribution in [1.82, 2.24) is 15.6 Å². The molecule has 8 heteroatoms. The van der Waals surface area contributed by atoms with E-state index in [2.05, 4.69) is 15.6 Å². The predicted molar refractivity (Wildman–Crippen MR) is 97.2 cm³/mol. The molecular weight excluding hydrogens is 350 g/mol. The number of Topliss-reactive ketones (excluding diaryl/α,β-unsaturated/α-hetero) is 1. The summed E-state index contributed by atoms with van der Waals surface area (Å²) in [6.07, 6.45) is 4.63. The Hall–Kier alpha value is -2.48. The fraction of sp³-hybridized carbons (Fsp3) is 0.579. The summed E-state index contributed by atoms with van der Waals surface area (Å²) in [5, 5.41) is 5.32. The van der Waals surface area contributed by atoms with Gasteiger partial charge in [-0.2, -0.15) is 0 Å². The van der Waals surface area contributed by atoms with Crippen molar-refractivity contribution < 1.29 is 19.1 Å². The first-order chi connectivity index (χ1) is 12.9. The Morgan fingerprint density at radius 2 is 1.93 bits per heavy atom. The number of ether oxygens (including phenoxy) is 1. The number of amides is 2. The maximum Gasteiger partial charge on any atom is 0.268 e. The summed E-state index contributed by atoms with van der Waals surface area (Å²) in [5.41, 5.74) is -0.321. The predicted octanol–water partition coefficient (Wildman–Crippen LogP) is 0.526. The maximum absolute atomic E-state index is 12.5. The molecule has 1 saturated carbocycles. The molecule has 0 aromatic carbocycles. The van der Waals surface area contributed by atoms with Crippen molar-refractivity contribution in [3.63, 3.8) is 0 Å². The van der Waals surface area contributed by atoms with E-state index in [4.69, 9.17) is 4.74 Å². The highest BCUT2D eigenvalue weighted by Crippen LogP contribution is 2.29. The van der Waals surface area contributed by atoms with Crippen LogP contribution in [-0.4, -0.2) is 47.4 Å². The van der Waals surface area contributed by atoms with Gasteiger partial charge in [0.25, 0.3) is 5.91 Å². The van der Waals surface area contributed by atoms with Gasteiger partial charge < -0.3 is 20.4 Å². The van der Waals surface area contributed by atoms with Crippen LogP contribution < -0.4 is 16.2 Å². The van der Waals surface area contributed by atoms with E-state index in [1.165, 1.54) is 18.2 Å². The van der Waals surface area contributed by atoms with Crippen molar-refractivity contribution in [3.05, 3.63) is 34.2 Å². The largest absolute Gasteiger partial charge is 0.365 e. The minimum absolute atomic E-state index is 0.0760. The summed E-state index contributed by atoms with van der Waals surface area (Å²) < 4.78 is 5.09. The van der Waals surface area contributed by atoms with Gasteiger partial charge in [-0.1, -0.05) is 31.7 Å². The van der Waals surface area contributed by atoms with Gasteiger partial charge in [-0.15, -0.1) is 0 Å². The molecule has 0 bridgehead atoms. The minimum atomic E-state index is -0.847. The van der Waals surface area contributed by atoms with Gasteiger partial charge in [-0.05, 0) is 25.3 Å². The number of carbonyl (C=O) groups is 3. The first-order valence-corrected chi connectivity index (χ1v) is 9.40. The lowest BCUT2D eigenvalue weighted by Gasteiger charge is -2.22. The van der Waals surface area contributed by atoms with Gasteiger partial charge in [-0.25, -0.2) is 0 Å². The first kappa shape index (κ1) is 19.3. The number of aromatic nitrogens is 1. The first-order valence-electron chi connectivity index (χ1n) is 9.40. The average molecular weight is 375 g/mol. The molecule has 2 aliphatic rings. The lowest BCUT2D eigenvalue weighted by Crippen LogP contribution is -2.51. The second kappa shape index (κ2) is 8.47. The Morgan fingerprint density at radius 3 is 2.56 bits per heavy atom. The number of H-pyrrole nitrogens is 1. The van der Waals surface area contributed by atoms with Gasteiger partial charge in [0.2, 0.25) is 11.5 Å². The Morgan fingerprint density at radius 1 is 1.22 bits per heavy atom. The summed E-state index contributed by atoms with van der Waals surface area (Å²) in [4.78, 5) is 50.9. The summed E-state index contributed by atoms with van der Waals surface area (Å²) in [7, 11) is 0. The molecule has 3 N–H and O–H groups in total. The third-order valence-electron chi connectivity index (χ3n) is 5.11. The van der Waals surface area contributed by atoms with Crippen LogP contribution in [0.2, 0.25) is 0 Å². The van der Waals surface area contributed by atoms with E-state index in [0.29, 0.717) is 18.9 Å². The highest BCUT2D eigenvalue weighted by Gasteiger charge is 2.38. The summed E-state index contributed by atoms with van der Waals surface area (Å²) in [6.45, 7) is 1.95. The van der Waals surface area contributed by atoms with Gasteiger partial charge in [0, 0.05) is 6.07 Å². The van der Waals surface area contributed by atoms with Crippen LogP contribution in [0.1, 0.15) is 49.5 Å². The number of hydrogen-bond acceptors (Lipinski definition) is 5. The smallest absolute Gasteiger partial charge is 0.268 e. The molecule has 27 heavy (non-hydrogen) atoms. The quantitative estimate of drug-likeness (QED) is 0.572. The summed E-state index contributed by atoms with van der Waals surface area (Å²) >= 11 is 0. The van der Waals surface area contributed by atoms with Crippen LogP contribution in [0.25, 0.3) is 0 Å². The van der Waals surface area contributed by atoms with Gasteiger partial charge >= 0.3 is 0 Å². The second-order valence-corrected chi connectivity index (χ2v) is 7.30. The van der Waals surface area contributed by atoms with E-state index in [9.17, 15) is 19.2 Å². The zero-order valence-corrected chi connectivity index (χ0v) is 15.3.